The zero-order valence-corrected chi connectivity index (χ0v) is 14.7. The van der Waals surface area contributed by atoms with E-state index in [2.05, 4.69) is 4.72 Å². The summed E-state index contributed by atoms with van der Waals surface area (Å²) in [6.07, 6.45) is -4.00. The summed E-state index contributed by atoms with van der Waals surface area (Å²) in [5, 5.41) is 0.0322. The van der Waals surface area contributed by atoms with Gasteiger partial charge in [0, 0.05) is 18.6 Å². The Morgan fingerprint density at radius 1 is 1.04 bits per heavy atom. The highest BCUT2D eigenvalue weighted by Crippen LogP contribution is 2.38. The first-order valence-electron chi connectivity index (χ1n) is 7.46. The molecule has 2 aromatic carbocycles. The van der Waals surface area contributed by atoms with Crippen molar-refractivity contribution in [3.63, 3.8) is 0 Å². The number of benzene rings is 2. The second kappa shape index (κ2) is 6.88. The summed E-state index contributed by atoms with van der Waals surface area (Å²) < 4.78 is 76.4. The fraction of sp³-hybridized carbons (Fsp3) is 0.250. The first-order chi connectivity index (χ1) is 12.2. The number of hydrogen-bond donors (Lipinski definition) is 1. The Kier molecular flexibility index (Phi) is 4.94. The first-order valence-corrected chi connectivity index (χ1v) is 9.32. The van der Waals surface area contributed by atoms with Crippen LogP contribution in [0, 0.1) is 0 Å². The summed E-state index contributed by atoms with van der Waals surface area (Å²) >= 11 is 6.07. The molecule has 0 atom stereocenters. The second-order valence-electron chi connectivity index (χ2n) is 5.46. The Morgan fingerprint density at radius 2 is 1.69 bits per heavy atom. The van der Waals surface area contributed by atoms with Crippen molar-refractivity contribution in [1.29, 1.82) is 0 Å². The van der Waals surface area contributed by atoms with Crippen LogP contribution in [0.3, 0.4) is 0 Å². The van der Waals surface area contributed by atoms with Gasteiger partial charge in [0.15, 0.2) is 11.5 Å². The fourth-order valence-corrected chi connectivity index (χ4v) is 3.68. The van der Waals surface area contributed by atoms with Crippen molar-refractivity contribution in [2.45, 2.75) is 17.5 Å². The van der Waals surface area contributed by atoms with Gasteiger partial charge in [0.1, 0.15) is 0 Å². The summed E-state index contributed by atoms with van der Waals surface area (Å²) in [4.78, 5) is -0.532. The molecule has 10 heteroatoms. The third-order valence-electron chi connectivity index (χ3n) is 3.55. The molecule has 0 saturated heterocycles. The lowest BCUT2D eigenvalue weighted by Crippen LogP contribution is -2.15. The van der Waals surface area contributed by atoms with E-state index in [-0.39, 0.29) is 10.7 Å². The van der Waals surface area contributed by atoms with E-state index in [1.807, 2.05) is 0 Å². The van der Waals surface area contributed by atoms with E-state index in [4.69, 9.17) is 21.1 Å². The van der Waals surface area contributed by atoms with Crippen molar-refractivity contribution < 1.29 is 31.1 Å². The second-order valence-corrected chi connectivity index (χ2v) is 7.55. The molecule has 0 saturated carbocycles. The number of nitrogens with one attached hydrogen (secondary N) is 1. The molecule has 0 unspecified atom stereocenters. The molecule has 0 aliphatic carbocycles. The molecule has 2 aromatic rings. The molecular formula is C16H13ClF3NO4S. The highest BCUT2D eigenvalue weighted by molar-refractivity contribution is 7.92. The molecule has 1 N–H and O–H groups in total. The van der Waals surface area contributed by atoms with Gasteiger partial charge in [-0.25, -0.2) is 8.42 Å². The number of anilines is 1. The Balaban J connectivity index is 1.94. The van der Waals surface area contributed by atoms with Gasteiger partial charge in [-0.15, -0.1) is 0 Å². The number of rotatable bonds is 3. The summed E-state index contributed by atoms with van der Waals surface area (Å²) in [5.74, 6) is 0.670. The molecule has 0 aromatic heterocycles. The van der Waals surface area contributed by atoms with Gasteiger partial charge in [0.05, 0.1) is 34.4 Å². The predicted molar refractivity (Wildman–Crippen MR) is 89.3 cm³/mol. The number of fused-ring (bicyclic) bond motifs is 1. The minimum absolute atomic E-state index is 0.0201. The Bertz CT molecular complexity index is 932. The van der Waals surface area contributed by atoms with Crippen molar-refractivity contribution in [3.8, 4) is 11.5 Å². The molecule has 0 radical (unpaired) electrons. The Morgan fingerprint density at radius 3 is 2.35 bits per heavy atom. The average Bonchev–Trinajstić information content (AvgIpc) is 2.79. The topological polar surface area (TPSA) is 64.6 Å². The zero-order chi connectivity index (χ0) is 18.9. The van der Waals surface area contributed by atoms with Crippen LogP contribution in [0.5, 0.6) is 11.5 Å². The van der Waals surface area contributed by atoms with Crippen LogP contribution >= 0.6 is 11.6 Å². The number of alkyl halides is 3. The monoisotopic (exact) mass is 407 g/mol. The first kappa shape index (κ1) is 18.7. The average molecular weight is 408 g/mol. The van der Waals surface area contributed by atoms with Gasteiger partial charge in [0.2, 0.25) is 0 Å². The number of ether oxygens (including phenoxy) is 2. The minimum atomic E-state index is -4.65. The maximum atomic E-state index is 12.8. The van der Waals surface area contributed by atoms with Crippen LogP contribution in [0.4, 0.5) is 18.9 Å². The van der Waals surface area contributed by atoms with Crippen molar-refractivity contribution in [2.75, 3.05) is 17.9 Å². The van der Waals surface area contributed by atoms with E-state index >= 15 is 0 Å². The van der Waals surface area contributed by atoms with E-state index in [0.717, 1.165) is 18.2 Å². The normalized spacial score (nSPS) is 14.6. The van der Waals surface area contributed by atoms with E-state index < -0.39 is 26.7 Å². The van der Waals surface area contributed by atoms with Gasteiger partial charge in [-0.3, -0.25) is 4.72 Å². The molecular weight excluding hydrogens is 395 g/mol. The smallest absolute Gasteiger partial charge is 0.416 e. The summed E-state index contributed by atoms with van der Waals surface area (Å²) in [7, 11) is -4.29. The molecule has 1 aliphatic heterocycles. The molecule has 1 aliphatic rings. The van der Waals surface area contributed by atoms with E-state index in [0.29, 0.717) is 37.2 Å². The summed E-state index contributed by atoms with van der Waals surface area (Å²) in [5.41, 5.74) is -1.08. The molecule has 0 bridgehead atoms. The van der Waals surface area contributed by atoms with Crippen molar-refractivity contribution >= 4 is 27.3 Å². The SMILES string of the molecule is O=S(=O)(Nc1cc2c(cc1Cl)OCCCO2)c1cccc(C(F)(F)F)c1. The van der Waals surface area contributed by atoms with Crippen LogP contribution in [0.2, 0.25) is 5.02 Å². The van der Waals surface area contributed by atoms with E-state index in [1.165, 1.54) is 12.1 Å². The van der Waals surface area contributed by atoms with Crippen LogP contribution in [0.25, 0.3) is 0 Å². The Labute approximate surface area is 152 Å². The fourth-order valence-electron chi connectivity index (χ4n) is 2.31. The lowest BCUT2D eigenvalue weighted by molar-refractivity contribution is -0.137. The molecule has 0 fully saturated rings. The Hall–Kier alpha value is -2.13. The van der Waals surface area contributed by atoms with Gasteiger partial charge in [-0.05, 0) is 18.2 Å². The van der Waals surface area contributed by atoms with Crippen molar-refractivity contribution in [2.24, 2.45) is 0 Å². The van der Waals surface area contributed by atoms with E-state index in [9.17, 15) is 21.6 Å². The van der Waals surface area contributed by atoms with Gasteiger partial charge in [-0.2, -0.15) is 13.2 Å². The van der Waals surface area contributed by atoms with E-state index in [1.54, 1.807) is 0 Å². The summed E-state index contributed by atoms with van der Waals surface area (Å²) in [6.45, 7) is 0.813. The summed E-state index contributed by atoms with van der Waals surface area (Å²) in [6, 6.07) is 6.17. The maximum absolute atomic E-state index is 12.8. The predicted octanol–water partition coefficient (Wildman–Crippen LogP) is 4.32. The van der Waals surface area contributed by atoms with Crippen molar-refractivity contribution in [1.82, 2.24) is 0 Å². The third-order valence-corrected chi connectivity index (χ3v) is 5.23. The van der Waals surface area contributed by atoms with Crippen LogP contribution in [-0.4, -0.2) is 21.6 Å². The quantitative estimate of drug-likeness (QED) is 0.823. The van der Waals surface area contributed by atoms with Crippen LogP contribution in [0.1, 0.15) is 12.0 Å². The number of sulfonamides is 1. The van der Waals surface area contributed by atoms with Crippen LogP contribution in [0.15, 0.2) is 41.3 Å². The highest BCUT2D eigenvalue weighted by atomic mass is 35.5. The van der Waals surface area contributed by atoms with Crippen molar-refractivity contribution in [3.05, 3.63) is 47.0 Å². The number of halogens is 4. The molecule has 1 heterocycles. The minimum Gasteiger partial charge on any atom is -0.490 e. The van der Waals surface area contributed by atoms with Gasteiger partial charge in [0.25, 0.3) is 10.0 Å². The van der Waals surface area contributed by atoms with Crippen LogP contribution in [-0.2, 0) is 16.2 Å². The lowest BCUT2D eigenvalue weighted by Gasteiger charge is -2.14. The molecule has 26 heavy (non-hydrogen) atoms. The molecule has 0 amide bonds. The van der Waals surface area contributed by atoms with Gasteiger partial charge < -0.3 is 9.47 Å². The molecule has 0 spiro atoms. The number of hydrogen-bond acceptors (Lipinski definition) is 4. The molecule has 3 rings (SSSR count). The largest absolute Gasteiger partial charge is 0.490 e. The highest BCUT2D eigenvalue weighted by Gasteiger charge is 2.31. The molecule has 5 nitrogen and oxygen atoms in total. The zero-order valence-electron chi connectivity index (χ0n) is 13.1. The lowest BCUT2D eigenvalue weighted by atomic mass is 10.2. The maximum Gasteiger partial charge on any atom is 0.416 e. The molecule has 140 valence electrons. The van der Waals surface area contributed by atoms with Gasteiger partial charge >= 0.3 is 6.18 Å². The van der Waals surface area contributed by atoms with Gasteiger partial charge in [-0.1, -0.05) is 17.7 Å². The standard InChI is InChI=1S/C16H13ClF3NO4S/c17-12-8-14-15(25-6-2-5-24-14)9-13(12)21-26(22,23)11-4-1-3-10(7-11)16(18,19)20/h1,3-4,7-9,21H,2,5-6H2. The van der Waals surface area contributed by atoms with Crippen LogP contribution < -0.4 is 14.2 Å². The third kappa shape index (κ3) is 3.99.